The van der Waals surface area contributed by atoms with Crippen LogP contribution < -0.4 is 5.32 Å². The molecule has 2 aromatic heterocycles. The molecule has 7 heteroatoms. The molecule has 0 radical (unpaired) electrons. The van der Waals surface area contributed by atoms with Gasteiger partial charge in [-0.2, -0.15) is 5.26 Å². The minimum Gasteiger partial charge on any atom is -0.450 e. The Morgan fingerprint density at radius 2 is 1.89 bits per heavy atom. The maximum atomic E-state index is 12.4. The second-order valence-electron chi connectivity index (χ2n) is 5.68. The summed E-state index contributed by atoms with van der Waals surface area (Å²) in [4.78, 5) is 17.8. The van der Waals surface area contributed by atoms with Crippen LogP contribution in [-0.4, -0.2) is 10.9 Å². The molecule has 0 saturated heterocycles. The number of anilines is 1. The Morgan fingerprint density at radius 1 is 1.11 bits per heavy atom. The SMILES string of the molecule is N#C/C(=C\c1ccc(Sc2ccccc2)o1)C(=O)Nc1nc2ccccc2s1. The fraction of sp³-hybridized carbons (Fsp3) is 0. The highest BCUT2D eigenvalue weighted by atomic mass is 32.2. The van der Waals surface area contributed by atoms with Crippen LogP contribution in [0.5, 0.6) is 0 Å². The topological polar surface area (TPSA) is 78.9 Å². The molecule has 2 aromatic carbocycles. The van der Waals surface area contributed by atoms with Gasteiger partial charge in [-0.3, -0.25) is 10.1 Å². The molecule has 0 atom stereocenters. The molecule has 5 nitrogen and oxygen atoms in total. The summed E-state index contributed by atoms with van der Waals surface area (Å²) in [7, 11) is 0. The van der Waals surface area contributed by atoms with Crippen LogP contribution in [0.3, 0.4) is 0 Å². The van der Waals surface area contributed by atoms with Crippen molar-refractivity contribution in [2.45, 2.75) is 9.99 Å². The van der Waals surface area contributed by atoms with Crippen LogP contribution in [0.15, 0.2) is 86.7 Å². The summed E-state index contributed by atoms with van der Waals surface area (Å²) in [6, 6.07) is 22.9. The summed E-state index contributed by atoms with van der Waals surface area (Å²) in [6.07, 6.45) is 1.43. The Balaban J connectivity index is 1.49. The van der Waals surface area contributed by atoms with E-state index in [-0.39, 0.29) is 5.57 Å². The fourth-order valence-corrected chi connectivity index (χ4v) is 4.11. The quantitative estimate of drug-likeness (QED) is 0.347. The van der Waals surface area contributed by atoms with Crippen LogP contribution >= 0.6 is 23.1 Å². The van der Waals surface area contributed by atoms with E-state index in [1.807, 2.05) is 66.7 Å². The van der Waals surface area contributed by atoms with Crippen molar-refractivity contribution < 1.29 is 9.21 Å². The van der Waals surface area contributed by atoms with Crippen LogP contribution in [0.4, 0.5) is 5.13 Å². The molecule has 0 spiro atoms. The summed E-state index contributed by atoms with van der Waals surface area (Å²) in [5.74, 6) is -0.0790. The summed E-state index contributed by atoms with van der Waals surface area (Å²) in [5, 5.41) is 13.2. The third kappa shape index (κ3) is 4.14. The summed E-state index contributed by atoms with van der Waals surface area (Å²) >= 11 is 2.83. The molecule has 0 aliphatic carbocycles. The molecular weight excluding hydrogens is 390 g/mol. The highest BCUT2D eigenvalue weighted by Gasteiger charge is 2.13. The van der Waals surface area contributed by atoms with Crippen LogP contribution in [0, 0.1) is 11.3 Å². The third-order valence-electron chi connectivity index (χ3n) is 3.73. The second-order valence-corrected chi connectivity index (χ2v) is 7.79. The molecule has 0 fully saturated rings. The van der Waals surface area contributed by atoms with Gasteiger partial charge >= 0.3 is 0 Å². The highest BCUT2D eigenvalue weighted by molar-refractivity contribution is 7.99. The number of aromatic nitrogens is 1. The first-order chi connectivity index (χ1) is 13.7. The van der Waals surface area contributed by atoms with Gasteiger partial charge < -0.3 is 4.42 Å². The number of nitrogens with zero attached hydrogens (tertiary/aromatic N) is 2. The van der Waals surface area contributed by atoms with Crippen LogP contribution in [-0.2, 0) is 4.79 Å². The average molecular weight is 403 g/mol. The van der Waals surface area contributed by atoms with E-state index in [0.29, 0.717) is 16.0 Å². The molecule has 28 heavy (non-hydrogen) atoms. The van der Waals surface area contributed by atoms with Crippen LogP contribution in [0.1, 0.15) is 5.76 Å². The minimum atomic E-state index is -0.518. The highest BCUT2D eigenvalue weighted by Crippen LogP contribution is 2.30. The van der Waals surface area contributed by atoms with Gasteiger partial charge in [0.1, 0.15) is 17.4 Å². The van der Waals surface area contributed by atoms with E-state index in [9.17, 15) is 10.1 Å². The van der Waals surface area contributed by atoms with E-state index in [4.69, 9.17) is 4.42 Å². The van der Waals surface area contributed by atoms with Crippen molar-refractivity contribution in [2.24, 2.45) is 0 Å². The van der Waals surface area contributed by atoms with Gasteiger partial charge in [-0.1, -0.05) is 53.4 Å². The molecule has 0 bridgehead atoms. The number of nitriles is 1. The number of thiazole rings is 1. The minimum absolute atomic E-state index is 0.0510. The van der Waals surface area contributed by atoms with Crippen LogP contribution in [0.2, 0.25) is 0 Å². The normalized spacial score (nSPS) is 11.3. The summed E-state index contributed by atoms with van der Waals surface area (Å²) in [5.41, 5.74) is 0.753. The van der Waals surface area contributed by atoms with E-state index in [2.05, 4.69) is 10.3 Å². The predicted octanol–water partition coefficient (Wildman–Crippen LogP) is 5.59. The molecule has 0 saturated carbocycles. The molecule has 0 aliphatic rings. The third-order valence-corrected chi connectivity index (χ3v) is 5.61. The molecule has 4 rings (SSSR count). The maximum absolute atomic E-state index is 12.4. The molecule has 4 aromatic rings. The van der Waals surface area contributed by atoms with Crippen molar-refractivity contribution in [3.63, 3.8) is 0 Å². The predicted molar refractivity (Wildman–Crippen MR) is 111 cm³/mol. The Hall–Kier alpha value is -3.34. The van der Waals surface area contributed by atoms with E-state index in [0.717, 1.165) is 15.1 Å². The number of nitrogens with one attached hydrogen (secondary N) is 1. The lowest BCUT2D eigenvalue weighted by atomic mass is 10.2. The van der Waals surface area contributed by atoms with Crippen molar-refractivity contribution in [1.82, 2.24) is 4.98 Å². The van der Waals surface area contributed by atoms with Gasteiger partial charge in [-0.05, 0) is 36.4 Å². The Kier molecular flexibility index (Phi) is 5.24. The van der Waals surface area contributed by atoms with Crippen molar-refractivity contribution in [3.05, 3.63) is 78.1 Å². The second kappa shape index (κ2) is 8.13. The number of amides is 1. The first-order valence-corrected chi connectivity index (χ1v) is 9.96. The van der Waals surface area contributed by atoms with E-state index in [1.165, 1.54) is 29.2 Å². The van der Waals surface area contributed by atoms with Crippen molar-refractivity contribution >= 4 is 50.4 Å². The molecule has 2 heterocycles. The summed E-state index contributed by atoms with van der Waals surface area (Å²) < 4.78 is 6.68. The number of para-hydroxylation sites is 1. The van der Waals surface area contributed by atoms with E-state index >= 15 is 0 Å². The Bertz CT molecular complexity index is 1170. The monoisotopic (exact) mass is 403 g/mol. The van der Waals surface area contributed by atoms with Gasteiger partial charge in [0.2, 0.25) is 0 Å². The molecule has 1 amide bonds. The molecule has 136 valence electrons. The lowest BCUT2D eigenvalue weighted by Crippen LogP contribution is -2.13. The number of hydrogen-bond donors (Lipinski definition) is 1. The number of fused-ring (bicyclic) bond motifs is 1. The standard InChI is InChI=1S/C21H13N3O2S2/c22-13-14(20(25)24-21-23-17-8-4-5-9-18(17)28-21)12-15-10-11-19(26-15)27-16-6-2-1-3-7-16/h1-12H,(H,23,24,25)/b14-12+. The van der Waals surface area contributed by atoms with Gasteiger partial charge in [-0.25, -0.2) is 4.98 Å². The number of benzene rings is 2. The number of rotatable bonds is 5. The maximum Gasteiger partial charge on any atom is 0.268 e. The van der Waals surface area contributed by atoms with Gasteiger partial charge in [0.05, 0.1) is 10.2 Å². The van der Waals surface area contributed by atoms with Gasteiger partial charge in [0.25, 0.3) is 5.91 Å². The number of carbonyl (C=O) groups excluding carboxylic acids is 1. The fourth-order valence-electron chi connectivity index (χ4n) is 2.45. The number of furan rings is 1. The van der Waals surface area contributed by atoms with Crippen molar-refractivity contribution in [1.29, 1.82) is 5.26 Å². The number of carbonyl (C=O) groups is 1. The lowest BCUT2D eigenvalue weighted by molar-refractivity contribution is -0.112. The first-order valence-electron chi connectivity index (χ1n) is 8.33. The zero-order chi connectivity index (χ0) is 19.3. The Morgan fingerprint density at radius 3 is 2.68 bits per heavy atom. The first kappa shape index (κ1) is 18.0. The Labute approximate surface area is 169 Å². The van der Waals surface area contributed by atoms with Gasteiger partial charge in [0, 0.05) is 11.0 Å². The van der Waals surface area contributed by atoms with Crippen molar-refractivity contribution in [2.75, 3.05) is 5.32 Å². The zero-order valence-electron chi connectivity index (χ0n) is 14.5. The van der Waals surface area contributed by atoms with E-state index < -0.39 is 5.91 Å². The average Bonchev–Trinajstić information content (AvgIpc) is 3.32. The largest absolute Gasteiger partial charge is 0.450 e. The molecular formula is C21H13N3O2S2. The van der Waals surface area contributed by atoms with Gasteiger partial charge in [0.15, 0.2) is 10.2 Å². The summed E-state index contributed by atoms with van der Waals surface area (Å²) in [6.45, 7) is 0. The van der Waals surface area contributed by atoms with Gasteiger partial charge in [-0.15, -0.1) is 0 Å². The molecule has 0 aliphatic heterocycles. The molecule has 1 N–H and O–H groups in total. The number of hydrogen-bond acceptors (Lipinski definition) is 6. The van der Waals surface area contributed by atoms with Crippen LogP contribution in [0.25, 0.3) is 16.3 Å². The lowest BCUT2D eigenvalue weighted by Gasteiger charge is -1.99. The zero-order valence-corrected chi connectivity index (χ0v) is 16.1. The molecule has 0 unspecified atom stereocenters. The smallest absolute Gasteiger partial charge is 0.268 e. The van der Waals surface area contributed by atoms with Crippen molar-refractivity contribution in [3.8, 4) is 6.07 Å². The van der Waals surface area contributed by atoms with E-state index in [1.54, 1.807) is 6.07 Å².